The third kappa shape index (κ3) is 2.85. The second-order valence-corrected chi connectivity index (χ2v) is 3.46. The second kappa shape index (κ2) is 4.59. The number of hydrogen-bond donors (Lipinski definition) is 0. The molecule has 0 saturated carbocycles. The molecule has 1 rings (SSSR count). The SMILES string of the molecule is N#CCc1cc(Cl)c(C(F)(F)F)cc1[N+](=O)[O-]. The largest absolute Gasteiger partial charge is 0.418 e. The average molecular weight is 265 g/mol. The van der Waals surface area contributed by atoms with Crippen LogP contribution in [0.2, 0.25) is 5.02 Å². The summed E-state index contributed by atoms with van der Waals surface area (Å²) in [5.74, 6) is 0. The zero-order chi connectivity index (χ0) is 13.2. The van der Waals surface area contributed by atoms with Crippen molar-refractivity contribution in [2.45, 2.75) is 12.6 Å². The first-order valence-corrected chi connectivity index (χ1v) is 4.56. The van der Waals surface area contributed by atoms with Crippen molar-refractivity contribution in [3.8, 4) is 6.07 Å². The van der Waals surface area contributed by atoms with Gasteiger partial charge in [0.05, 0.1) is 28.0 Å². The maximum absolute atomic E-state index is 12.4. The molecule has 0 unspecified atom stereocenters. The first-order chi connectivity index (χ1) is 7.77. The summed E-state index contributed by atoms with van der Waals surface area (Å²) in [6.45, 7) is 0. The highest BCUT2D eigenvalue weighted by atomic mass is 35.5. The van der Waals surface area contributed by atoms with Gasteiger partial charge in [0.1, 0.15) is 0 Å². The van der Waals surface area contributed by atoms with Crippen LogP contribution in [0.5, 0.6) is 0 Å². The molecule has 0 aromatic heterocycles. The number of nitro groups is 1. The molecule has 0 aliphatic rings. The minimum atomic E-state index is -4.77. The van der Waals surface area contributed by atoms with Gasteiger partial charge >= 0.3 is 6.18 Å². The predicted octanol–water partition coefficient (Wildman–Crippen LogP) is 3.33. The first-order valence-electron chi connectivity index (χ1n) is 4.18. The van der Waals surface area contributed by atoms with Crippen LogP contribution in [-0.4, -0.2) is 4.92 Å². The standard InChI is InChI=1S/C9H4ClF3N2O2/c10-7-3-5(1-2-14)8(15(16)17)4-6(7)9(11,12)13/h3-4H,1H2. The molecule has 0 amide bonds. The summed E-state index contributed by atoms with van der Waals surface area (Å²) in [6.07, 6.45) is -5.15. The van der Waals surface area contributed by atoms with Crippen molar-refractivity contribution in [2.75, 3.05) is 0 Å². The summed E-state index contributed by atoms with van der Waals surface area (Å²) in [6, 6.07) is 2.76. The van der Waals surface area contributed by atoms with Crippen LogP contribution >= 0.6 is 11.6 Å². The van der Waals surface area contributed by atoms with Crippen molar-refractivity contribution < 1.29 is 18.1 Å². The lowest BCUT2D eigenvalue weighted by Gasteiger charge is -2.09. The molecular formula is C9H4ClF3N2O2. The lowest BCUT2D eigenvalue weighted by Crippen LogP contribution is -2.08. The third-order valence-electron chi connectivity index (χ3n) is 1.94. The van der Waals surface area contributed by atoms with E-state index >= 15 is 0 Å². The van der Waals surface area contributed by atoms with Crippen molar-refractivity contribution >= 4 is 17.3 Å². The molecule has 0 aliphatic carbocycles. The van der Waals surface area contributed by atoms with Gasteiger partial charge in [0.2, 0.25) is 0 Å². The Morgan fingerprint density at radius 3 is 2.47 bits per heavy atom. The Morgan fingerprint density at radius 1 is 1.47 bits per heavy atom. The van der Waals surface area contributed by atoms with Gasteiger partial charge < -0.3 is 0 Å². The number of nitrogens with zero attached hydrogens (tertiary/aromatic N) is 2. The summed E-state index contributed by atoms with van der Waals surface area (Å²) in [7, 11) is 0. The number of halogens is 4. The highest BCUT2D eigenvalue weighted by Gasteiger charge is 2.35. The van der Waals surface area contributed by atoms with E-state index in [-0.39, 0.29) is 12.0 Å². The number of nitriles is 1. The van der Waals surface area contributed by atoms with Crippen LogP contribution < -0.4 is 0 Å². The van der Waals surface area contributed by atoms with Crippen LogP contribution in [0.4, 0.5) is 18.9 Å². The smallest absolute Gasteiger partial charge is 0.258 e. The number of rotatable bonds is 2. The molecule has 0 radical (unpaired) electrons. The maximum atomic E-state index is 12.4. The number of hydrogen-bond acceptors (Lipinski definition) is 3. The van der Waals surface area contributed by atoms with E-state index in [0.29, 0.717) is 6.07 Å². The van der Waals surface area contributed by atoms with Gasteiger partial charge in [0.25, 0.3) is 5.69 Å². The lowest BCUT2D eigenvalue weighted by molar-refractivity contribution is -0.385. The summed E-state index contributed by atoms with van der Waals surface area (Å²) in [5.41, 5.74) is -2.19. The molecule has 0 atom stereocenters. The highest BCUT2D eigenvalue weighted by molar-refractivity contribution is 6.31. The van der Waals surface area contributed by atoms with Gasteiger partial charge in [0.15, 0.2) is 0 Å². The number of nitro benzene ring substituents is 1. The highest BCUT2D eigenvalue weighted by Crippen LogP contribution is 2.38. The van der Waals surface area contributed by atoms with Crippen molar-refractivity contribution in [3.63, 3.8) is 0 Å². The van der Waals surface area contributed by atoms with E-state index in [0.717, 1.165) is 6.07 Å². The van der Waals surface area contributed by atoms with Crippen molar-refractivity contribution in [1.29, 1.82) is 5.26 Å². The molecule has 0 N–H and O–H groups in total. The van der Waals surface area contributed by atoms with Crippen LogP contribution in [0.3, 0.4) is 0 Å². The van der Waals surface area contributed by atoms with Crippen LogP contribution in [0.25, 0.3) is 0 Å². The maximum Gasteiger partial charge on any atom is 0.418 e. The first kappa shape index (κ1) is 13.3. The Hall–Kier alpha value is -1.81. The molecule has 0 heterocycles. The Bertz CT molecular complexity index is 508. The number of alkyl halides is 3. The molecule has 4 nitrogen and oxygen atoms in total. The molecule has 0 spiro atoms. The molecule has 17 heavy (non-hydrogen) atoms. The minimum Gasteiger partial charge on any atom is -0.258 e. The van der Waals surface area contributed by atoms with E-state index in [4.69, 9.17) is 16.9 Å². The van der Waals surface area contributed by atoms with Gasteiger partial charge in [-0.2, -0.15) is 18.4 Å². The van der Waals surface area contributed by atoms with E-state index in [2.05, 4.69) is 0 Å². The quantitative estimate of drug-likeness (QED) is 0.608. The fourth-order valence-electron chi connectivity index (χ4n) is 1.22. The Balaban J connectivity index is 3.46. The van der Waals surface area contributed by atoms with E-state index in [1.54, 1.807) is 6.07 Å². The van der Waals surface area contributed by atoms with Crippen molar-refractivity contribution in [2.24, 2.45) is 0 Å². The molecule has 1 aromatic rings. The summed E-state index contributed by atoms with van der Waals surface area (Å²) < 4.78 is 37.3. The van der Waals surface area contributed by atoms with Crippen molar-refractivity contribution in [3.05, 3.63) is 38.4 Å². The molecule has 8 heteroatoms. The third-order valence-corrected chi connectivity index (χ3v) is 2.25. The summed E-state index contributed by atoms with van der Waals surface area (Å²) >= 11 is 5.37. The zero-order valence-corrected chi connectivity index (χ0v) is 8.84. The Morgan fingerprint density at radius 2 is 2.06 bits per heavy atom. The van der Waals surface area contributed by atoms with E-state index in [1.807, 2.05) is 0 Å². The van der Waals surface area contributed by atoms with Crippen LogP contribution in [0, 0.1) is 21.4 Å². The molecule has 0 fully saturated rings. The monoisotopic (exact) mass is 264 g/mol. The zero-order valence-electron chi connectivity index (χ0n) is 8.08. The van der Waals surface area contributed by atoms with Gasteiger partial charge in [-0.3, -0.25) is 10.1 Å². The predicted molar refractivity (Wildman–Crippen MR) is 52.4 cm³/mol. The normalized spacial score (nSPS) is 11.0. The topological polar surface area (TPSA) is 66.9 Å². The molecule has 0 aliphatic heterocycles. The fourth-order valence-corrected chi connectivity index (χ4v) is 1.51. The summed E-state index contributed by atoms with van der Waals surface area (Å²) in [4.78, 5) is 9.60. The van der Waals surface area contributed by atoms with E-state index in [9.17, 15) is 23.3 Å². The minimum absolute atomic E-state index is 0.143. The molecular weight excluding hydrogens is 261 g/mol. The lowest BCUT2D eigenvalue weighted by atomic mass is 10.1. The van der Waals surface area contributed by atoms with E-state index in [1.165, 1.54) is 0 Å². The van der Waals surface area contributed by atoms with Gasteiger partial charge in [-0.15, -0.1) is 0 Å². The van der Waals surface area contributed by atoms with Gasteiger partial charge in [-0.1, -0.05) is 11.6 Å². The summed E-state index contributed by atoms with van der Waals surface area (Å²) in [5, 5.41) is 18.3. The molecule has 0 saturated heterocycles. The van der Waals surface area contributed by atoms with Gasteiger partial charge in [-0.05, 0) is 6.07 Å². The Kier molecular flexibility index (Phi) is 3.58. The van der Waals surface area contributed by atoms with Gasteiger partial charge in [0, 0.05) is 11.6 Å². The fraction of sp³-hybridized carbons (Fsp3) is 0.222. The van der Waals surface area contributed by atoms with Crippen LogP contribution in [0.15, 0.2) is 12.1 Å². The molecule has 1 aromatic carbocycles. The second-order valence-electron chi connectivity index (χ2n) is 3.05. The Labute approximate surface area is 98.4 Å². The number of benzene rings is 1. The van der Waals surface area contributed by atoms with Crippen molar-refractivity contribution in [1.82, 2.24) is 0 Å². The molecule has 0 bridgehead atoms. The van der Waals surface area contributed by atoms with Crippen LogP contribution in [-0.2, 0) is 12.6 Å². The van der Waals surface area contributed by atoms with Gasteiger partial charge in [-0.25, -0.2) is 0 Å². The van der Waals surface area contributed by atoms with Crippen LogP contribution in [0.1, 0.15) is 11.1 Å². The van der Waals surface area contributed by atoms with E-state index < -0.39 is 27.4 Å². The average Bonchev–Trinajstić information content (AvgIpc) is 2.15. The molecule has 90 valence electrons.